The number of methoxy groups -OCH3 is 1. The Hall–Kier alpha value is -3.09. The standard InChI is InChI=1S/C21H25NO6/c1-11-7-8-12(2)16(9-11)27-10-17(23)28-15(5)20(24)19-13(3)18(14(4)22-19)21(25)26-6/h7-9,15,22H,10H2,1-6H3/t15-/m1/s1. The van der Waals surface area contributed by atoms with Gasteiger partial charge in [0.1, 0.15) is 5.75 Å². The minimum absolute atomic E-state index is 0.216. The van der Waals surface area contributed by atoms with Crippen LogP contribution in [0.15, 0.2) is 18.2 Å². The van der Waals surface area contributed by atoms with Crippen molar-refractivity contribution < 1.29 is 28.6 Å². The highest BCUT2D eigenvalue weighted by molar-refractivity contribution is 6.03. The second-order valence-electron chi connectivity index (χ2n) is 6.67. The van der Waals surface area contributed by atoms with Crippen LogP contribution in [0.1, 0.15) is 50.2 Å². The van der Waals surface area contributed by atoms with Gasteiger partial charge in [-0.3, -0.25) is 4.79 Å². The van der Waals surface area contributed by atoms with Crippen molar-refractivity contribution in [2.45, 2.75) is 40.7 Å². The van der Waals surface area contributed by atoms with E-state index in [2.05, 4.69) is 4.98 Å². The molecule has 0 saturated heterocycles. The van der Waals surface area contributed by atoms with Gasteiger partial charge in [0.25, 0.3) is 0 Å². The Labute approximate surface area is 164 Å². The molecule has 0 spiro atoms. The average Bonchev–Trinajstić information content (AvgIpc) is 2.95. The van der Waals surface area contributed by atoms with Gasteiger partial charge in [-0.1, -0.05) is 12.1 Å². The lowest BCUT2D eigenvalue weighted by Gasteiger charge is -2.14. The summed E-state index contributed by atoms with van der Waals surface area (Å²) in [4.78, 5) is 39.5. The van der Waals surface area contributed by atoms with E-state index in [1.165, 1.54) is 14.0 Å². The van der Waals surface area contributed by atoms with Crippen LogP contribution < -0.4 is 4.74 Å². The molecule has 2 rings (SSSR count). The molecule has 0 radical (unpaired) electrons. The molecule has 0 aliphatic rings. The first-order valence-corrected chi connectivity index (χ1v) is 8.86. The zero-order valence-corrected chi connectivity index (χ0v) is 17.0. The van der Waals surface area contributed by atoms with Crippen molar-refractivity contribution in [3.8, 4) is 5.75 Å². The second-order valence-corrected chi connectivity index (χ2v) is 6.67. The van der Waals surface area contributed by atoms with Gasteiger partial charge < -0.3 is 19.2 Å². The molecule has 0 aliphatic heterocycles. The molecule has 1 atom stereocenters. The molecule has 28 heavy (non-hydrogen) atoms. The van der Waals surface area contributed by atoms with E-state index in [1.54, 1.807) is 13.8 Å². The van der Waals surface area contributed by atoms with Gasteiger partial charge in [-0.2, -0.15) is 0 Å². The Morgan fingerprint density at radius 3 is 2.43 bits per heavy atom. The van der Waals surface area contributed by atoms with E-state index in [0.29, 0.717) is 22.6 Å². The number of aromatic amines is 1. The van der Waals surface area contributed by atoms with Crippen LogP contribution in [0.25, 0.3) is 0 Å². The van der Waals surface area contributed by atoms with Gasteiger partial charge in [0.05, 0.1) is 18.4 Å². The van der Waals surface area contributed by atoms with Crippen LogP contribution >= 0.6 is 0 Å². The Balaban J connectivity index is 2.03. The van der Waals surface area contributed by atoms with Crippen molar-refractivity contribution in [1.82, 2.24) is 4.98 Å². The molecule has 7 heteroatoms. The van der Waals surface area contributed by atoms with Gasteiger partial charge >= 0.3 is 11.9 Å². The molecular weight excluding hydrogens is 362 g/mol. The fourth-order valence-corrected chi connectivity index (χ4v) is 2.89. The number of hydrogen-bond donors (Lipinski definition) is 1. The molecule has 1 N–H and O–H groups in total. The molecule has 1 aromatic heterocycles. The number of ketones is 1. The number of aromatic nitrogens is 1. The Morgan fingerprint density at radius 2 is 1.79 bits per heavy atom. The number of nitrogens with one attached hydrogen (secondary N) is 1. The smallest absolute Gasteiger partial charge is 0.344 e. The highest BCUT2D eigenvalue weighted by Gasteiger charge is 2.27. The van der Waals surface area contributed by atoms with E-state index in [4.69, 9.17) is 14.2 Å². The zero-order chi connectivity index (χ0) is 21.0. The molecule has 0 amide bonds. The van der Waals surface area contributed by atoms with Crippen LogP contribution in [0.5, 0.6) is 5.75 Å². The van der Waals surface area contributed by atoms with E-state index in [1.807, 2.05) is 32.0 Å². The third-order valence-electron chi connectivity index (χ3n) is 4.44. The predicted octanol–water partition coefficient (Wildman–Crippen LogP) is 3.23. The molecule has 0 fully saturated rings. The lowest BCUT2D eigenvalue weighted by Crippen LogP contribution is -2.28. The Bertz CT molecular complexity index is 912. The molecule has 7 nitrogen and oxygen atoms in total. The van der Waals surface area contributed by atoms with Crippen molar-refractivity contribution >= 4 is 17.7 Å². The van der Waals surface area contributed by atoms with E-state index < -0.39 is 23.8 Å². The van der Waals surface area contributed by atoms with Gasteiger partial charge in [0.2, 0.25) is 5.78 Å². The fourth-order valence-electron chi connectivity index (χ4n) is 2.89. The number of benzene rings is 1. The highest BCUT2D eigenvalue weighted by atomic mass is 16.6. The molecule has 0 unspecified atom stereocenters. The third kappa shape index (κ3) is 4.60. The van der Waals surface area contributed by atoms with E-state index in [9.17, 15) is 14.4 Å². The molecule has 150 valence electrons. The summed E-state index contributed by atoms with van der Waals surface area (Å²) >= 11 is 0. The van der Waals surface area contributed by atoms with Gasteiger partial charge in [-0.25, -0.2) is 9.59 Å². The molecule has 0 aliphatic carbocycles. The van der Waals surface area contributed by atoms with Crippen molar-refractivity contribution in [3.05, 3.63) is 51.8 Å². The van der Waals surface area contributed by atoms with Crippen LogP contribution in [-0.2, 0) is 14.3 Å². The SMILES string of the molecule is COC(=O)c1c(C)[nH]c(C(=O)[C@@H](C)OC(=O)COc2cc(C)ccc2C)c1C. The van der Waals surface area contributed by atoms with Gasteiger partial charge in [-0.05, 0) is 57.4 Å². The molecule has 2 aromatic rings. The molecule has 0 saturated carbocycles. The van der Waals surface area contributed by atoms with Crippen LogP contribution in [0.2, 0.25) is 0 Å². The summed E-state index contributed by atoms with van der Waals surface area (Å²) in [6.45, 7) is 8.28. The average molecular weight is 387 g/mol. The zero-order valence-electron chi connectivity index (χ0n) is 17.0. The third-order valence-corrected chi connectivity index (χ3v) is 4.44. The van der Waals surface area contributed by atoms with Crippen molar-refractivity contribution in [1.29, 1.82) is 0 Å². The maximum atomic E-state index is 12.6. The number of esters is 2. The maximum absolute atomic E-state index is 12.6. The largest absolute Gasteiger partial charge is 0.482 e. The summed E-state index contributed by atoms with van der Waals surface area (Å²) in [5.74, 6) is -1.03. The highest BCUT2D eigenvalue weighted by Crippen LogP contribution is 2.21. The summed E-state index contributed by atoms with van der Waals surface area (Å²) in [6.07, 6.45) is -1.03. The van der Waals surface area contributed by atoms with Gasteiger partial charge in [-0.15, -0.1) is 0 Å². The van der Waals surface area contributed by atoms with Gasteiger partial charge in [0.15, 0.2) is 12.7 Å². The lowest BCUT2D eigenvalue weighted by atomic mass is 10.1. The molecule has 0 bridgehead atoms. The predicted molar refractivity (Wildman–Crippen MR) is 103 cm³/mol. The monoisotopic (exact) mass is 387 g/mol. The first-order valence-electron chi connectivity index (χ1n) is 8.86. The van der Waals surface area contributed by atoms with Crippen LogP contribution in [0.3, 0.4) is 0 Å². The molecule has 1 aromatic carbocycles. The van der Waals surface area contributed by atoms with Crippen LogP contribution in [-0.4, -0.2) is 42.5 Å². The van der Waals surface area contributed by atoms with E-state index in [-0.39, 0.29) is 12.3 Å². The topological polar surface area (TPSA) is 94.7 Å². The number of hydrogen-bond acceptors (Lipinski definition) is 6. The number of ether oxygens (including phenoxy) is 3. The normalized spacial score (nSPS) is 11.6. The summed E-state index contributed by atoms with van der Waals surface area (Å²) in [5, 5.41) is 0. The molecular formula is C21H25NO6. The van der Waals surface area contributed by atoms with Crippen LogP contribution in [0, 0.1) is 27.7 Å². The fraction of sp³-hybridized carbons (Fsp3) is 0.381. The first kappa shape index (κ1) is 21.2. The number of aryl methyl sites for hydroxylation is 3. The first-order chi connectivity index (χ1) is 13.1. The Morgan fingerprint density at radius 1 is 1.11 bits per heavy atom. The van der Waals surface area contributed by atoms with Crippen LogP contribution in [0.4, 0.5) is 0 Å². The van der Waals surface area contributed by atoms with E-state index >= 15 is 0 Å². The van der Waals surface area contributed by atoms with E-state index in [0.717, 1.165) is 11.1 Å². The number of H-pyrrole nitrogens is 1. The number of Topliss-reactive ketones (excluding diaryl/α,β-unsaturated/α-hetero) is 1. The number of rotatable bonds is 7. The van der Waals surface area contributed by atoms with Crippen molar-refractivity contribution in [3.63, 3.8) is 0 Å². The Kier molecular flexibility index (Phi) is 6.62. The summed E-state index contributed by atoms with van der Waals surface area (Å²) < 4.78 is 15.4. The second kappa shape index (κ2) is 8.73. The minimum atomic E-state index is -1.03. The van der Waals surface area contributed by atoms with Gasteiger partial charge in [0, 0.05) is 5.69 Å². The summed E-state index contributed by atoms with van der Waals surface area (Å²) in [5.41, 5.74) is 3.41. The summed E-state index contributed by atoms with van der Waals surface area (Å²) in [6, 6.07) is 5.68. The lowest BCUT2D eigenvalue weighted by molar-refractivity contribution is -0.148. The summed E-state index contributed by atoms with van der Waals surface area (Å²) in [7, 11) is 1.27. The quantitative estimate of drug-likeness (QED) is 0.579. The minimum Gasteiger partial charge on any atom is -0.482 e. The van der Waals surface area contributed by atoms with Crippen molar-refractivity contribution in [2.24, 2.45) is 0 Å². The number of carbonyl (C=O) groups is 3. The number of carbonyl (C=O) groups excluding carboxylic acids is 3. The molecule has 1 heterocycles. The maximum Gasteiger partial charge on any atom is 0.344 e. The van der Waals surface area contributed by atoms with Crippen molar-refractivity contribution in [2.75, 3.05) is 13.7 Å².